The number of benzene rings is 1. The molecule has 0 saturated carbocycles. The summed E-state index contributed by atoms with van der Waals surface area (Å²) in [6.45, 7) is 4.41. The first-order valence-electron chi connectivity index (χ1n) is 9.89. The Morgan fingerprint density at radius 1 is 1.34 bits per heavy atom. The fourth-order valence-electron chi connectivity index (χ4n) is 4.18. The van der Waals surface area contributed by atoms with Crippen LogP contribution in [-0.4, -0.2) is 41.7 Å². The number of carbonyl (C=O) groups excluding carboxylic acids is 1. The summed E-state index contributed by atoms with van der Waals surface area (Å²) in [5.41, 5.74) is 3.66. The number of nitriles is 1. The molecule has 0 aliphatic carbocycles. The average molecular weight is 392 g/mol. The SMILES string of the molecule is Cc1c([C@@H](O)CN(c2ccc(C#N)cn2)C2CCNCC2)ccc2c1COC2=O. The van der Waals surface area contributed by atoms with Crippen LogP contribution >= 0.6 is 0 Å². The van der Waals surface area contributed by atoms with E-state index in [0.29, 0.717) is 17.7 Å². The van der Waals surface area contributed by atoms with Crippen molar-refractivity contribution in [3.05, 3.63) is 58.3 Å². The molecule has 7 nitrogen and oxygen atoms in total. The molecule has 0 unspecified atom stereocenters. The van der Waals surface area contributed by atoms with Crippen LogP contribution in [0.3, 0.4) is 0 Å². The summed E-state index contributed by atoms with van der Waals surface area (Å²) in [7, 11) is 0. The van der Waals surface area contributed by atoms with Gasteiger partial charge in [0, 0.05) is 24.3 Å². The second-order valence-corrected chi connectivity index (χ2v) is 7.55. The number of aliphatic hydroxyl groups is 1. The Hall–Kier alpha value is -2.95. The first kappa shape index (κ1) is 19.4. The first-order chi connectivity index (χ1) is 14.1. The predicted molar refractivity (Wildman–Crippen MR) is 107 cm³/mol. The lowest BCUT2D eigenvalue weighted by atomic mass is 9.94. The number of hydrogen-bond donors (Lipinski definition) is 2. The Labute approximate surface area is 169 Å². The maximum atomic E-state index is 11.8. The third kappa shape index (κ3) is 3.82. The van der Waals surface area contributed by atoms with Gasteiger partial charge in [0.25, 0.3) is 0 Å². The van der Waals surface area contributed by atoms with E-state index in [2.05, 4.69) is 21.3 Å². The molecule has 7 heteroatoms. The highest BCUT2D eigenvalue weighted by atomic mass is 16.5. The van der Waals surface area contributed by atoms with E-state index >= 15 is 0 Å². The number of anilines is 1. The molecule has 3 heterocycles. The first-order valence-corrected chi connectivity index (χ1v) is 9.89. The molecule has 0 amide bonds. The zero-order chi connectivity index (χ0) is 20.4. The van der Waals surface area contributed by atoms with Gasteiger partial charge >= 0.3 is 5.97 Å². The van der Waals surface area contributed by atoms with Crippen molar-refractivity contribution in [1.29, 1.82) is 5.26 Å². The normalized spacial score (nSPS) is 17.3. The number of esters is 1. The van der Waals surface area contributed by atoms with Crippen molar-refractivity contribution in [3.8, 4) is 6.07 Å². The molecule has 1 aromatic heterocycles. The molecule has 1 aromatic carbocycles. The molecule has 1 saturated heterocycles. The quantitative estimate of drug-likeness (QED) is 0.753. The zero-order valence-corrected chi connectivity index (χ0v) is 16.4. The maximum Gasteiger partial charge on any atom is 0.338 e. The lowest BCUT2D eigenvalue weighted by Gasteiger charge is -2.37. The third-order valence-corrected chi connectivity index (χ3v) is 5.86. The summed E-state index contributed by atoms with van der Waals surface area (Å²) in [6, 6.07) is 9.51. The molecule has 0 radical (unpaired) electrons. The molecule has 150 valence electrons. The van der Waals surface area contributed by atoms with Crippen molar-refractivity contribution in [2.45, 2.75) is 38.5 Å². The van der Waals surface area contributed by atoms with Crippen molar-refractivity contribution in [3.63, 3.8) is 0 Å². The van der Waals surface area contributed by atoms with E-state index in [1.807, 2.05) is 19.1 Å². The molecular formula is C22H24N4O3. The van der Waals surface area contributed by atoms with Gasteiger partial charge in [-0.15, -0.1) is 0 Å². The van der Waals surface area contributed by atoms with Gasteiger partial charge in [0.15, 0.2) is 0 Å². The Balaban J connectivity index is 1.61. The molecule has 2 aromatic rings. The molecule has 2 aliphatic heterocycles. The van der Waals surface area contributed by atoms with Gasteiger partial charge in [-0.2, -0.15) is 5.26 Å². The van der Waals surface area contributed by atoms with E-state index in [9.17, 15) is 9.90 Å². The van der Waals surface area contributed by atoms with Crippen LogP contribution in [0, 0.1) is 18.3 Å². The van der Waals surface area contributed by atoms with Crippen LogP contribution < -0.4 is 10.2 Å². The Bertz CT molecular complexity index is 946. The van der Waals surface area contributed by atoms with Gasteiger partial charge in [0.2, 0.25) is 0 Å². The van der Waals surface area contributed by atoms with Crippen LogP contribution in [0.15, 0.2) is 30.5 Å². The molecule has 1 fully saturated rings. The highest BCUT2D eigenvalue weighted by Crippen LogP contribution is 2.31. The summed E-state index contributed by atoms with van der Waals surface area (Å²) in [5.74, 6) is 0.453. The topological polar surface area (TPSA) is 98.5 Å². The van der Waals surface area contributed by atoms with E-state index in [-0.39, 0.29) is 18.6 Å². The second-order valence-electron chi connectivity index (χ2n) is 7.55. The van der Waals surface area contributed by atoms with Crippen molar-refractivity contribution in [1.82, 2.24) is 10.3 Å². The number of piperidine rings is 1. The fraction of sp³-hybridized carbons (Fsp3) is 0.409. The molecule has 2 aliphatic rings. The number of nitrogens with zero attached hydrogens (tertiary/aromatic N) is 3. The molecule has 2 N–H and O–H groups in total. The molecular weight excluding hydrogens is 368 g/mol. The Morgan fingerprint density at radius 3 is 2.83 bits per heavy atom. The van der Waals surface area contributed by atoms with Gasteiger partial charge in [0.05, 0.1) is 17.2 Å². The average Bonchev–Trinajstić information content (AvgIpc) is 3.14. The number of cyclic esters (lactones) is 1. The molecule has 0 spiro atoms. The second kappa shape index (κ2) is 8.19. The van der Waals surface area contributed by atoms with Crippen LogP contribution in [0.25, 0.3) is 0 Å². The standard InChI is InChI=1S/C22H24N4O3/c1-14-17(3-4-18-19(14)13-29-22(18)28)20(27)12-26(16-6-8-24-9-7-16)21-5-2-15(10-23)11-25-21/h2-5,11,16,20,24,27H,6-9,12-13H2,1H3/t20-/m0/s1. The summed E-state index contributed by atoms with van der Waals surface area (Å²) in [6.07, 6.45) is 2.75. The third-order valence-electron chi connectivity index (χ3n) is 5.86. The minimum absolute atomic E-state index is 0.256. The van der Waals surface area contributed by atoms with Crippen molar-refractivity contribution >= 4 is 11.8 Å². The minimum atomic E-state index is -0.733. The van der Waals surface area contributed by atoms with E-state index in [0.717, 1.165) is 48.4 Å². The number of aromatic nitrogens is 1. The highest BCUT2D eigenvalue weighted by Gasteiger charge is 2.28. The molecule has 1 atom stereocenters. The summed E-state index contributed by atoms with van der Waals surface area (Å²) < 4.78 is 5.13. The number of nitrogens with one attached hydrogen (secondary N) is 1. The maximum absolute atomic E-state index is 11.8. The number of pyridine rings is 1. The largest absolute Gasteiger partial charge is 0.457 e. The van der Waals surface area contributed by atoms with Gasteiger partial charge in [-0.1, -0.05) is 6.07 Å². The van der Waals surface area contributed by atoms with E-state index in [1.54, 1.807) is 18.3 Å². The van der Waals surface area contributed by atoms with Crippen molar-refractivity contribution < 1.29 is 14.6 Å². The smallest absolute Gasteiger partial charge is 0.338 e. The van der Waals surface area contributed by atoms with Crippen LogP contribution in [-0.2, 0) is 11.3 Å². The highest BCUT2D eigenvalue weighted by molar-refractivity contribution is 5.93. The summed E-state index contributed by atoms with van der Waals surface area (Å²) in [4.78, 5) is 18.4. The number of rotatable bonds is 5. The van der Waals surface area contributed by atoms with E-state index in [4.69, 9.17) is 10.00 Å². The minimum Gasteiger partial charge on any atom is -0.457 e. The van der Waals surface area contributed by atoms with Gasteiger partial charge in [-0.25, -0.2) is 9.78 Å². The monoisotopic (exact) mass is 392 g/mol. The van der Waals surface area contributed by atoms with Gasteiger partial charge in [-0.05, 0) is 62.2 Å². The lowest BCUT2D eigenvalue weighted by molar-refractivity contribution is 0.0535. The number of aliphatic hydroxyl groups excluding tert-OH is 1. The summed E-state index contributed by atoms with van der Waals surface area (Å²) in [5, 5.41) is 23.5. The zero-order valence-electron chi connectivity index (χ0n) is 16.4. The van der Waals surface area contributed by atoms with Gasteiger partial charge < -0.3 is 20.1 Å². The van der Waals surface area contributed by atoms with Crippen LogP contribution in [0.2, 0.25) is 0 Å². The number of fused-ring (bicyclic) bond motifs is 1. The fourth-order valence-corrected chi connectivity index (χ4v) is 4.18. The molecule has 0 bridgehead atoms. The molecule has 4 rings (SSSR count). The number of hydrogen-bond acceptors (Lipinski definition) is 7. The Morgan fingerprint density at radius 2 is 2.14 bits per heavy atom. The predicted octanol–water partition coefficient (Wildman–Crippen LogP) is 2.22. The van der Waals surface area contributed by atoms with Crippen molar-refractivity contribution in [2.24, 2.45) is 0 Å². The number of ether oxygens (including phenoxy) is 1. The lowest BCUT2D eigenvalue weighted by Crippen LogP contribution is -2.45. The van der Waals surface area contributed by atoms with Crippen LogP contribution in [0.4, 0.5) is 5.82 Å². The van der Waals surface area contributed by atoms with Crippen LogP contribution in [0.1, 0.15) is 51.6 Å². The van der Waals surface area contributed by atoms with Crippen LogP contribution in [0.5, 0.6) is 0 Å². The van der Waals surface area contributed by atoms with Gasteiger partial charge in [0.1, 0.15) is 18.5 Å². The van der Waals surface area contributed by atoms with E-state index < -0.39 is 6.10 Å². The Kier molecular flexibility index (Phi) is 5.47. The van der Waals surface area contributed by atoms with E-state index in [1.165, 1.54) is 0 Å². The van der Waals surface area contributed by atoms with Crippen molar-refractivity contribution in [2.75, 3.05) is 24.5 Å². The summed E-state index contributed by atoms with van der Waals surface area (Å²) >= 11 is 0. The van der Waals surface area contributed by atoms with Gasteiger partial charge in [-0.3, -0.25) is 0 Å². The number of carbonyl (C=O) groups is 1. The molecule has 29 heavy (non-hydrogen) atoms.